The van der Waals surface area contributed by atoms with Crippen LogP contribution in [0.25, 0.3) is 0 Å². The number of ether oxygens (including phenoxy) is 1. The lowest BCUT2D eigenvalue weighted by molar-refractivity contribution is 0.163. The summed E-state index contributed by atoms with van der Waals surface area (Å²) in [5.74, 6) is 0.573. The van der Waals surface area contributed by atoms with Crippen molar-refractivity contribution in [3.63, 3.8) is 0 Å². The van der Waals surface area contributed by atoms with Gasteiger partial charge in [-0.15, -0.1) is 0 Å². The average molecular weight is 269 g/mol. The summed E-state index contributed by atoms with van der Waals surface area (Å²) >= 11 is 0. The standard InChI is InChI=1S/C13H19NO3S/c1-2-18(15,16)13-8-4-3-7-12(13)17-11-6-5-9-14-10-11/h3-4,7-8,11,14H,2,5-6,9-10H2,1H3. The van der Waals surface area contributed by atoms with Crippen LogP contribution in [0.5, 0.6) is 5.75 Å². The molecule has 1 aliphatic heterocycles. The van der Waals surface area contributed by atoms with Crippen molar-refractivity contribution in [3.05, 3.63) is 24.3 Å². The van der Waals surface area contributed by atoms with Crippen molar-refractivity contribution in [1.29, 1.82) is 0 Å². The maximum Gasteiger partial charge on any atom is 0.181 e. The Bertz CT molecular complexity index is 493. The highest BCUT2D eigenvalue weighted by Crippen LogP contribution is 2.26. The monoisotopic (exact) mass is 269 g/mol. The molecule has 2 rings (SSSR count). The molecule has 1 heterocycles. The maximum absolute atomic E-state index is 12.0. The van der Waals surface area contributed by atoms with Crippen LogP contribution in [0.1, 0.15) is 19.8 Å². The Kier molecular flexibility index (Phi) is 4.24. The summed E-state index contributed by atoms with van der Waals surface area (Å²) in [6.07, 6.45) is 2.09. The molecule has 1 aromatic rings. The third kappa shape index (κ3) is 3.03. The first kappa shape index (κ1) is 13.4. The molecule has 1 saturated heterocycles. The molecule has 100 valence electrons. The number of para-hydroxylation sites is 1. The molecule has 1 aromatic carbocycles. The summed E-state index contributed by atoms with van der Waals surface area (Å²) in [5.41, 5.74) is 0. The van der Waals surface area contributed by atoms with E-state index in [0.717, 1.165) is 25.9 Å². The summed E-state index contributed by atoms with van der Waals surface area (Å²) < 4.78 is 29.8. The topological polar surface area (TPSA) is 55.4 Å². The second-order valence-electron chi connectivity index (χ2n) is 4.44. The summed E-state index contributed by atoms with van der Waals surface area (Å²) in [6, 6.07) is 6.89. The third-order valence-electron chi connectivity index (χ3n) is 3.11. The SMILES string of the molecule is CCS(=O)(=O)c1ccccc1OC1CCCNC1. The molecule has 0 aliphatic carbocycles. The van der Waals surface area contributed by atoms with Gasteiger partial charge in [0.1, 0.15) is 16.7 Å². The number of benzene rings is 1. The molecule has 1 aliphatic rings. The third-order valence-corrected chi connectivity index (χ3v) is 4.88. The zero-order valence-corrected chi connectivity index (χ0v) is 11.4. The lowest BCUT2D eigenvalue weighted by Crippen LogP contribution is -2.37. The molecule has 0 aromatic heterocycles. The molecule has 0 bridgehead atoms. The Morgan fingerprint density at radius 3 is 2.83 bits per heavy atom. The average Bonchev–Trinajstić information content (AvgIpc) is 2.40. The van der Waals surface area contributed by atoms with Gasteiger partial charge in [0.2, 0.25) is 0 Å². The number of hydrogen-bond acceptors (Lipinski definition) is 4. The fourth-order valence-corrected chi connectivity index (χ4v) is 3.08. The number of nitrogens with one attached hydrogen (secondary N) is 1. The van der Waals surface area contributed by atoms with Crippen molar-refractivity contribution in [2.75, 3.05) is 18.8 Å². The molecular weight excluding hydrogens is 250 g/mol. The number of piperidine rings is 1. The quantitative estimate of drug-likeness (QED) is 0.902. The van der Waals surface area contributed by atoms with Gasteiger partial charge in [0.05, 0.1) is 5.75 Å². The van der Waals surface area contributed by atoms with Gasteiger partial charge in [-0.2, -0.15) is 0 Å². The smallest absolute Gasteiger partial charge is 0.181 e. The van der Waals surface area contributed by atoms with Gasteiger partial charge in [0.25, 0.3) is 0 Å². The van der Waals surface area contributed by atoms with Crippen LogP contribution in [0, 0.1) is 0 Å². The van der Waals surface area contributed by atoms with Crippen LogP contribution in [-0.2, 0) is 9.84 Å². The van der Waals surface area contributed by atoms with Gasteiger partial charge in [0.15, 0.2) is 9.84 Å². The largest absolute Gasteiger partial charge is 0.488 e. The van der Waals surface area contributed by atoms with E-state index in [1.54, 1.807) is 31.2 Å². The minimum atomic E-state index is -3.23. The van der Waals surface area contributed by atoms with Gasteiger partial charge in [0, 0.05) is 6.54 Å². The first-order valence-corrected chi connectivity index (χ1v) is 7.98. The number of hydrogen-bond donors (Lipinski definition) is 1. The molecule has 1 atom stereocenters. The van der Waals surface area contributed by atoms with Crippen molar-refractivity contribution in [1.82, 2.24) is 5.32 Å². The molecule has 0 saturated carbocycles. The molecule has 1 N–H and O–H groups in total. The minimum absolute atomic E-state index is 0.0620. The molecule has 1 fully saturated rings. The van der Waals surface area contributed by atoms with E-state index in [-0.39, 0.29) is 11.9 Å². The molecular formula is C13H19NO3S. The van der Waals surface area contributed by atoms with Crippen LogP contribution in [0.2, 0.25) is 0 Å². The van der Waals surface area contributed by atoms with Gasteiger partial charge >= 0.3 is 0 Å². The predicted molar refractivity (Wildman–Crippen MR) is 70.7 cm³/mol. The highest BCUT2D eigenvalue weighted by Gasteiger charge is 2.21. The second kappa shape index (κ2) is 5.71. The van der Waals surface area contributed by atoms with Crippen molar-refractivity contribution >= 4 is 9.84 Å². The van der Waals surface area contributed by atoms with E-state index in [1.165, 1.54) is 0 Å². The predicted octanol–water partition coefficient (Wildman–Crippen LogP) is 1.61. The van der Waals surface area contributed by atoms with Crippen LogP contribution in [-0.4, -0.2) is 33.4 Å². The molecule has 0 radical (unpaired) electrons. The lowest BCUT2D eigenvalue weighted by atomic mass is 10.1. The zero-order chi connectivity index (χ0) is 13.0. The number of rotatable bonds is 4. The van der Waals surface area contributed by atoms with E-state index in [2.05, 4.69) is 5.32 Å². The summed E-state index contributed by atoms with van der Waals surface area (Å²) in [4.78, 5) is 0.304. The van der Waals surface area contributed by atoms with Gasteiger partial charge in [-0.05, 0) is 31.5 Å². The van der Waals surface area contributed by atoms with E-state index < -0.39 is 9.84 Å². The van der Waals surface area contributed by atoms with E-state index in [9.17, 15) is 8.42 Å². The Morgan fingerprint density at radius 2 is 2.17 bits per heavy atom. The van der Waals surface area contributed by atoms with Gasteiger partial charge in [-0.3, -0.25) is 0 Å². The van der Waals surface area contributed by atoms with Crippen LogP contribution in [0.4, 0.5) is 0 Å². The first-order valence-electron chi connectivity index (χ1n) is 6.32. The molecule has 18 heavy (non-hydrogen) atoms. The Morgan fingerprint density at radius 1 is 1.39 bits per heavy atom. The van der Waals surface area contributed by atoms with Crippen LogP contribution in [0.15, 0.2) is 29.2 Å². The Labute approximate surface area is 108 Å². The van der Waals surface area contributed by atoms with E-state index in [4.69, 9.17) is 4.74 Å². The fourth-order valence-electron chi connectivity index (χ4n) is 2.06. The molecule has 1 unspecified atom stereocenters. The van der Waals surface area contributed by atoms with Crippen LogP contribution < -0.4 is 10.1 Å². The van der Waals surface area contributed by atoms with Crippen LogP contribution in [0.3, 0.4) is 0 Å². The lowest BCUT2D eigenvalue weighted by Gasteiger charge is -2.24. The van der Waals surface area contributed by atoms with E-state index in [1.807, 2.05) is 0 Å². The molecule has 0 amide bonds. The van der Waals surface area contributed by atoms with Crippen molar-refractivity contribution < 1.29 is 13.2 Å². The first-order chi connectivity index (χ1) is 8.63. The van der Waals surface area contributed by atoms with Gasteiger partial charge in [-0.25, -0.2) is 8.42 Å². The maximum atomic E-state index is 12.0. The minimum Gasteiger partial charge on any atom is -0.488 e. The van der Waals surface area contributed by atoms with Crippen molar-refractivity contribution in [2.24, 2.45) is 0 Å². The highest BCUT2D eigenvalue weighted by atomic mass is 32.2. The fraction of sp³-hybridized carbons (Fsp3) is 0.538. The zero-order valence-electron chi connectivity index (χ0n) is 10.6. The van der Waals surface area contributed by atoms with Gasteiger partial charge in [-0.1, -0.05) is 19.1 Å². The van der Waals surface area contributed by atoms with Gasteiger partial charge < -0.3 is 10.1 Å². The summed E-state index contributed by atoms with van der Waals surface area (Å²) in [5, 5.41) is 3.25. The molecule has 4 nitrogen and oxygen atoms in total. The van der Waals surface area contributed by atoms with E-state index in [0.29, 0.717) is 10.6 Å². The van der Waals surface area contributed by atoms with Crippen LogP contribution >= 0.6 is 0 Å². The summed E-state index contributed by atoms with van der Waals surface area (Å²) in [6.45, 7) is 3.43. The molecule has 0 spiro atoms. The highest BCUT2D eigenvalue weighted by molar-refractivity contribution is 7.91. The molecule has 5 heteroatoms. The normalized spacial score (nSPS) is 20.6. The van der Waals surface area contributed by atoms with Crippen molar-refractivity contribution in [3.8, 4) is 5.75 Å². The van der Waals surface area contributed by atoms with E-state index >= 15 is 0 Å². The second-order valence-corrected chi connectivity index (χ2v) is 6.68. The number of sulfone groups is 1. The van der Waals surface area contributed by atoms with Crippen molar-refractivity contribution in [2.45, 2.75) is 30.8 Å². The Balaban J connectivity index is 2.22. The Hall–Kier alpha value is -1.07. The summed E-state index contributed by atoms with van der Waals surface area (Å²) in [7, 11) is -3.23.